The molecule has 0 N–H and O–H groups in total. The summed E-state index contributed by atoms with van der Waals surface area (Å²) in [5.74, 6) is 0. The van der Waals surface area contributed by atoms with E-state index in [1.807, 2.05) is 13.1 Å². The second-order valence-electron chi connectivity index (χ2n) is 5.05. The maximum atomic E-state index is 11.0. The number of hydrogen-bond acceptors (Lipinski definition) is 3. The van der Waals surface area contributed by atoms with Crippen LogP contribution in [0.15, 0.2) is 42.5 Å². The summed E-state index contributed by atoms with van der Waals surface area (Å²) in [6, 6.07) is 13.6. The van der Waals surface area contributed by atoms with Crippen molar-refractivity contribution in [2.75, 3.05) is 11.9 Å². The van der Waals surface area contributed by atoms with Gasteiger partial charge in [0.25, 0.3) is 5.69 Å². The van der Waals surface area contributed by atoms with Crippen LogP contribution in [-0.4, -0.2) is 12.0 Å². The second-order valence-corrected chi connectivity index (χ2v) is 5.61. The van der Waals surface area contributed by atoms with Crippen LogP contribution in [0.3, 0.4) is 0 Å². The summed E-state index contributed by atoms with van der Waals surface area (Å²) >= 11 is 3.31. The van der Waals surface area contributed by atoms with E-state index in [4.69, 9.17) is 0 Å². The van der Waals surface area contributed by atoms with Crippen molar-refractivity contribution in [2.45, 2.75) is 18.8 Å². The molecule has 2 aromatic carbocycles. The van der Waals surface area contributed by atoms with Gasteiger partial charge in [-0.15, -0.1) is 0 Å². The summed E-state index contributed by atoms with van der Waals surface area (Å²) in [5.41, 5.74) is 4.25. The van der Waals surface area contributed by atoms with E-state index in [2.05, 4.69) is 52.0 Å². The van der Waals surface area contributed by atoms with E-state index in [9.17, 15) is 10.1 Å². The lowest BCUT2D eigenvalue weighted by Gasteiger charge is -2.20. The topological polar surface area (TPSA) is 46.4 Å². The third-order valence-electron chi connectivity index (χ3n) is 3.38. The minimum atomic E-state index is -0.347. The fourth-order valence-corrected chi connectivity index (χ4v) is 2.60. The molecular formula is C16H17BrN2O2. The molecule has 0 spiro atoms. The van der Waals surface area contributed by atoms with Crippen LogP contribution in [-0.2, 0) is 11.9 Å². The Morgan fingerprint density at radius 2 is 1.86 bits per heavy atom. The van der Waals surface area contributed by atoms with Gasteiger partial charge in [-0.3, -0.25) is 10.1 Å². The zero-order chi connectivity index (χ0) is 15.4. The van der Waals surface area contributed by atoms with Gasteiger partial charge in [0.05, 0.1) is 4.92 Å². The molecule has 0 radical (unpaired) electrons. The van der Waals surface area contributed by atoms with Gasteiger partial charge in [-0.25, -0.2) is 0 Å². The van der Waals surface area contributed by atoms with Crippen molar-refractivity contribution in [1.29, 1.82) is 0 Å². The first-order chi connectivity index (χ1) is 10.0. The predicted molar refractivity (Wildman–Crippen MR) is 89.0 cm³/mol. The van der Waals surface area contributed by atoms with E-state index in [1.165, 1.54) is 11.1 Å². The first-order valence-electron chi connectivity index (χ1n) is 6.61. The minimum Gasteiger partial charge on any atom is -0.370 e. The fourth-order valence-electron chi connectivity index (χ4n) is 2.15. The van der Waals surface area contributed by atoms with Crippen LogP contribution in [0.1, 0.15) is 16.7 Å². The van der Waals surface area contributed by atoms with E-state index in [-0.39, 0.29) is 10.6 Å². The second kappa shape index (κ2) is 6.72. The van der Waals surface area contributed by atoms with Crippen molar-refractivity contribution >= 4 is 27.3 Å². The van der Waals surface area contributed by atoms with Crippen molar-refractivity contribution < 1.29 is 4.92 Å². The van der Waals surface area contributed by atoms with E-state index < -0.39 is 0 Å². The van der Waals surface area contributed by atoms with E-state index in [0.29, 0.717) is 10.9 Å². The number of benzene rings is 2. The molecular weight excluding hydrogens is 332 g/mol. The molecule has 0 amide bonds. The maximum Gasteiger partial charge on any atom is 0.273 e. The molecule has 0 unspecified atom stereocenters. The largest absolute Gasteiger partial charge is 0.370 e. The Bertz CT molecular complexity index is 641. The molecule has 0 saturated carbocycles. The highest BCUT2D eigenvalue weighted by Gasteiger charge is 2.14. The molecule has 21 heavy (non-hydrogen) atoms. The Hall–Kier alpha value is -1.88. The molecule has 2 rings (SSSR count). The number of rotatable bonds is 5. The quantitative estimate of drug-likeness (QED) is 0.456. The number of alkyl halides is 1. The average Bonchev–Trinajstić information content (AvgIpc) is 2.48. The number of nitro groups is 1. The number of anilines is 1. The van der Waals surface area contributed by atoms with Crippen LogP contribution in [0.5, 0.6) is 0 Å². The van der Waals surface area contributed by atoms with E-state index in [1.54, 1.807) is 12.1 Å². The zero-order valence-electron chi connectivity index (χ0n) is 12.0. The van der Waals surface area contributed by atoms with Crippen LogP contribution < -0.4 is 4.90 Å². The Morgan fingerprint density at radius 1 is 1.19 bits per heavy atom. The molecule has 5 heteroatoms. The van der Waals surface area contributed by atoms with Gasteiger partial charge >= 0.3 is 0 Å². The first-order valence-corrected chi connectivity index (χ1v) is 7.73. The highest BCUT2D eigenvalue weighted by molar-refractivity contribution is 9.08. The molecule has 0 atom stereocenters. The Kier molecular flexibility index (Phi) is 4.96. The molecule has 0 aliphatic carbocycles. The van der Waals surface area contributed by atoms with Crippen molar-refractivity contribution in [3.8, 4) is 0 Å². The number of aryl methyl sites for hydroxylation is 1. The smallest absolute Gasteiger partial charge is 0.273 e. The fraction of sp³-hybridized carbons (Fsp3) is 0.250. The van der Waals surface area contributed by atoms with Gasteiger partial charge in [-0.2, -0.15) is 0 Å². The molecule has 0 fully saturated rings. The lowest BCUT2D eigenvalue weighted by atomic mass is 10.1. The highest BCUT2D eigenvalue weighted by atomic mass is 79.9. The Balaban J connectivity index is 2.21. The third kappa shape index (κ3) is 3.82. The summed E-state index contributed by atoms with van der Waals surface area (Å²) in [5, 5.41) is 11.4. The SMILES string of the molecule is Cc1ccc(CN(C)c2ccc([N+](=O)[O-])c(CBr)c2)cc1. The molecule has 4 nitrogen and oxygen atoms in total. The van der Waals surface area contributed by atoms with E-state index in [0.717, 1.165) is 12.2 Å². The molecule has 0 saturated heterocycles. The van der Waals surface area contributed by atoms with Crippen molar-refractivity contribution in [3.63, 3.8) is 0 Å². The van der Waals surface area contributed by atoms with Crippen LogP contribution >= 0.6 is 15.9 Å². The number of nitrogens with zero attached hydrogens (tertiary/aromatic N) is 2. The predicted octanol–water partition coefficient (Wildman–Crippen LogP) is 4.43. The monoisotopic (exact) mass is 348 g/mol. The van der Waals surface area contributed by atoms with Gasteiger partial charge in [0.15, 0.2) is 0 Å². The molecule has 110 valence electrons. The van der Waals surface area contributed by atoms with Gasteiger partial charge in [-0.05, 0) is 24.6 Å². The molecule has 0 aliphatic heterocycles. The van der Waals surface area contributed by atoms with Crippen molar-refractivity contribution in [2.24, 2.45) is 0 Å². The maximum absolute atomic E-state index is 11.0. The van der Waals surface area contributed by atoms with Crippen molar-refractivity contribution in [3.05, 3.63) is 69.3 Å². The van der Waals surface area contributed by atoms with Gasteiger partial charge in [0.2, 0.25) is 0 Å². The summed E-state index contributed by atoms with van der Waals surface area (Å²) in [6.07, 6.45) is 0. The zero-order valence-corrected chi connectivity index (χ0v) is 13.6. The number of nitro benzene ring substituents is 1. The van der Waals surface area contributed by atoms with Crippen LogP contribution in [0, 0.1) is 17.0 Å². The molecule has 0 heterocycles. The standard InChI is InChI=1S/C16H17BrN2O2/c1-12-3-5-13(6-4-12)11-18(2)15-7-8-16(19(20)21)14(9-15)10-17/h3-9H,10-11H2,1-2H3. The molecule has 0 aromatic heterocycles. The van der Waals surface area contributed by atoms with Crippen LogP contribution in [0.2, 0.25) is 0 Å². The average molecular weight is 349 g/mol. The Labute approximate surface area is 132 Å². The summed E-state index contributed by atoms with van der Waals surface area (Å²) in [6.45, 7) is 2.83. The van der Waals surface area contributed by atoms with Crippen molar-refractivity contribution in [1.82, 2.24) is 0 Å². The number of hydrogen-bond donors (Lipinski definition) is 0. The molecule has 0 bridgehead atoms. The summed E-state index contributed by atoms with van der Waals surface area (Å²) < 4.78 is 0. The minimum absolute atomic E-state index is 0.152. The van der Waals surface area contributed by atoms with Crippen LogP contribution in [0.25, 0.3) is 0 Å². The Morgan fingerprint density at radius 3 is 2.43 bits per heavy atom. The van der Waals surface area contributed by atoms with Gasteiger partial charge < -0.3 is 4.90 Å². The normalized spacial score (nSPS) is 10.4. The van der Waals surface area contributed by atoms with Gasteiger partial charge in [0, 0.05) is 36.2 Å². The van der Waals surface area contributed by atoms with Crippen LogP contribution in [0.4, 0.5) is 11.4 Å². The lowest BCUT2D eigenvalue weighted by molar-refractivity contribution is -0.385. The van der Waals surface area contributed by atoms with E-state index >= 15 is 0 Å². The highest BCUT2D eigenvalue weighted by Crippen LogP contribution is 2.27. The van der Waals surface area contributed by atoms with Gasteiger partial charge in [-0.1, -0.05) is 45.8 Å². The molecule has 2 aromatic rings. The molecule has 0 aliphatic rings. The number of halogens is 1. The first kappa shape index (κ1) is 15.5. The summed E-state index contributed by atoms with van der Waals surface area (Å²) in [4.78, 5) is 12.7. The summed E-state index contributed by atoms with van der Waals surface area (Å²) in [7, 11) is 1.99. The third-order valence-corrected chi connectivity index (χ3v) is 3.99. The lowest BCUT2D eigenvalue weighted by Crippen LogP contribution is -2.16. The van der Waals surface area contributed by atoms with Gasteiger partial charge in [0.1, 0.15) is 0 Å².